The molecule has 2 rings (SSSR count). The fraction of sp³-hybridized carbons (Fsp3) is 0.231. The van der Waals surface area contributed by atoms with Crippen molar-refractivity contribution in [2.45, 2.75) is 13.1 Å². The maximum absolute atomic E-state index is 13.6. The molecule has 0 saturated carbocycles. The summed E-state index contributed by atoms with van der Waals surface area (Å²) in [6, 6.07) is 8.59. The van der Waals surface area contributed by atoms with Gasteiger partial charge < -0.3 is 9.88 Å². The molecule has 0 saturated heterocycles. The lowest BCUT2D eigenvalue weighted by Crippen LogP contribution is -2.11. The van der Waals surface area contributed by atoms with Crippen molar-refractivity contribution in [2.75, 3.05) is 7.05 Å². The molecule has 0 aliphatic heterocycles. The van der Waals surface area contributed by atoms with Gasteiger partial charge in [0.2, 0.25) is 0 Å². The molecular weight excluding hydrogens is 239 g/mol. The summed E-state index contributed by atoms with van der Waals surface area (Å²) in [5.74, 6) is -0.224. The second-order valence-electron chi connectivity index (χ2n) is 3.89. The van der Waals surface area contributed by atoms with Crippen molar-refractivity contribution in [2.24, 2.45) is 0 Å². The second kappa shape index (κ2) is 5.34. The first kappa shape index (κ1) is 12.1. The summed E-state index contributed by atoms with van der Waals surface area (Å²) in [5, 5.41) is 3.64. The van der Waals surface area contributed by atoms with Crippen molar-refractivity contribution in [3.8, 4) is 0 Å². The van der Waals surface area contributed by atoms with Gasteiger partial charge in [-0.1, -0.05) is 11.6 Å². The highest BCUT2D eigenvalue weighted by Crippen LogP contribution is 2.17. The third-order valence-electron chi connectivity index (χ3n) is 2.63. The van der Waals surface area contributed by atoms with Crippen molar-refractivity contribution >= 4 is 11.6 Å². The van der Waals surface area contributed by atoms with Crippen LogP contribution in [0.2, 0.25) is 5.02 Å². The molecule has 17 heavy (non-hydrogen) atoms. The number of nitrogens with one attached hydrogen (secondary N) is 1. The minimum absolute atomic E-state index is 0.224. The van der Waals surface area contributed by atoms with E-state index in [0.29, 0.717) is 17.1 Å². The predicted octanol–water partition coefficient (Wildman–Crippen LogP) is 3.05. The van der Waals surface area contributed by atoms with Crippen LogP contribution in [0.25, 0.3) is 0 Å². The fourth-order valence-corrected chi connectivity index (χ4v) is 1.99. The Balaban J connectivity index is 2.25. The van der Waals surface area contributed by atoms with Gasteiger partial charge in [0.25, 0.3) is 0 Å². The topological polar surface area (TPSA) is 17.0 Å². The number of hydrogen-bond acceptors (Lipinski definition) is 1. The average Bonchev–Trinajstić information content (AvgIpc) is 2.72. The van der Waals surface area contributed by atoms with Gasteiger partial charge in [-0.15, -0.1) is 0 Å². The summed E-state index contributed by atoms with van der Waals surface area (Å²) >= 11 is 5.87. The highest BCUT2D eigenvalue weighted by atomic mass is 35.5. The number of nitrogens with zero attached hydrogens (tertiary/aromatic N) is 1. The van der Waals surface area contributed by atoms with Gasteiger partial charge in [0, 0.05) is 29.0 Å². The minimum Gasteiger partial charge on any atom is -0.346 e. The zero-order chi connectivity index (χ0) is 12.3. The Morgan fingerprint density at radius 1 is 1.35 bits per heavy atom. The van der Waals surface area contributed by atoms with Crippen LogP contribution in [-0.2, 0) is 13.1 Å². The Labute approximate surface area is 105 Å². The lowest BCUT2D eigenvalue weighted by atomic mass is 10.2. The van der Waals surface area contributed by atoms with Crippen LogP contribution in [0.4, 0.5) is 4.39 Å². The first-order valence-corrected chi connectivity index (χ1v) is 5.81. The molecule has 1 aromatic heterocycles. The summed E-state index contributed by atoms with van der Waals surface area (Å²) in [7, 11) is 1.89. The second-order valence-corrected chi connectivity index (χ2v) is 4.33. The van der Waals surface area contributed by atoms with Gasteiger partial charge in [-0.25, -0.2) is 4.39 Å². The Morgan fingerprint density at radius 3 is 2.94 bits per heavy atom. The van der Waals surface area contributed by atoms with Crippen LogP contribution in [0.15, 0.2) is 36.5 Å². The van der Waals surface area contributed by atoms with Crippen LogP contribution in [-0.4, -0.2) is 11.6 Å². The Hall–Kier alpha value is -1.32. The maximum atomic E-state index is 13.6. The zero-order valence-corrected chi connectivity index (χ0v) is 10.3. The van der Waals surface area contributed by atoms with E-state index >= 15 is 0 Å². The van der Waals surface area contributed by atoms with E-state index in [1.165, 1.54) is 6.07 Å². The van der Waals surface area contributed by atoms with Crippen molar-refractivity contribution in [1.29, 1.82) is 0 Å². The molecule has 0 spiro atoms. The van der Waals surface area contributed by atoms with E-state index in [-0.39, 0.29) is 5.82 Å². The molecule has 0 unspecified atom stereocenters. The Bertz CT molecular complexity index is 508. The Morgan fingerprint density at radius 2 is 2.18 bits per heavy atom. The van der Waals surface area contributed by atoms with E-state index < -0.39 is 0 Å². The summed E-state index contributed by atoms with van der Waals surface area (Å²) in [4.78, 5) is 0. The van der Waals surface area contributed by atoms with E-state index in [1.54, 1.807) is 12.1 Å². The molecule has 0 atom stereocenters. The molecule has 0 radical (unpaired) electrons. The molecule has 90 valence electrons. The third-order valence-corrected chi connectivity index (χ3v) is 2.86. The van der Waals surface area contributed by atoms with E-state index in [4.69, 9.17) is 11.6 Å². The van der Waals surface area contributed by atoms with Crippen molar-refractivity contribution in [1.82, 2.24) is 9.88 Å². The minimum atomic E-state index is -0.224. The Kier molecular flexibility index (Phi) is 3.82. The van der Waals surface area contributed by atoms with Crippen LogP contribution in [0.5, 0.6) is 0 Å². The number of hydrogen-bond donors (Lipinski definition) is 1. The number of benzene rings is 1. The zero-order valence-electron chi connectivity index (χ0n) is 9.58. The largest absolute Gasteiger partial charge is 0.346 e. The molecule has 0 amide bonds. The van der Waals surface area contributed by atoms with Gasteiger partial charge in [0.05, 0.1) is 6.54 Å². The average molecular weight is 253 g/mol. The molecule has 0 aliphatic carbocycles. The monoisotopic (exact) mass is 252 g/mol. The highest BCUT2D eigenvalue weighted by molar-refractivity contribution is 6.30. The first-order chi connectivity index (χ1) is 8.20. The summed E-state index contributed by atoms with van der Waals surface area (Å²) in [6.45, 7) is 1.26. The van der Waals surface area contributed by atoms with Gasteiger partial charge in [0.1, 0.15) is 5.82 Å². The molecular formula is C13H14ClFN2. The quantitative estimate of drug-likeness (QED) is 0.885. The van der Waals surface area contributed by atoms with Gasteiger partial charge in [-0.2, -0.15) is 0 Å². The SMILES string of the molecule is CNCc1cccn1Cc1cc(Cl)ccc1F. The van der Waals surface area contributed by atoms with Crippen molar-refractivity contribution < 1.29 is 4.39 Å². The predicted molar refractivity (Wildman–Crippen MR) is 67.7 cm³/mol. The van der Waals surface area contributed by atoms with Crippen LogP contribution >= 0.6 is 11.6 Å². The molecule has 1 aromatic carbocycles. The normalized spacial score (nSPS) is 10.8. The van der Waals surface area contributed by atoms with E-state index in [0.717, 1.165) is 12.2 Å². The van der Waals surface area contributed by atoms with Gasteiger partial charge in [-0.3, -0.25) is 0 Å². The number of rotatable bonds is 4. The summed E-state index contributed by atoms with van der Waals surface area (Å²) in [6.07, 6.45) is 1.94. The van der Waals surface area contributed by atoms with Gasteiger partial charge in [0.15, 0.2) is 0 Å². The molecule has 0 fully saturated rings. The van der Waals surface area contributed by atoms with Crippen LogP contribution in [0, 0.1) is 5.82 Å². The number of halogens is 2. The molecule has 1 N–H and O–H groups in total. The van der Waals surface area contributed by atoms with E-state index in [2.05, 4.69) is 5.32 Å². The van der Waals surface area contributed by atoms with Crippen LogP contribution < -0.4 is 5.32 Å². The van der Waals surface area contributed by atoms with Crippen LogP contribution in [0.3, 0.4) is 0 Å². The molecule has 0 bridgehead atoms. The lowest BCUT2D eigenvalue weighted by molar-refractivity contribution is 0.593. The molecule has 0 aliphatic rings. The lowest BCUT2D eigenvalue weighted by Gasteiger charge is -2.10. The fourth-order valence-electron chi connectivity index (χ4n) is 1.79. The number of aromatic nitrogens is 1. The van der Waals surface area contributed by atoms with E-state index in [9.17, 15) is 4.39 Å². The molecule has 1 heterocycles. The third kappa shape index (κ3) is 2.87. The van der Waals surface area contributed by atoms with Gasteiger partial charge in [-0.05, 0) is 37.4 Å². The van der Waals surface area contributed by atoms with E-state index in [1.807, 2.05) is 29.9 Å². The molecule has 2 aromatic rings. The van der Waals surface area contributed by atoms with Crippen LogP contribution in [0.1, 0.15) is 11.3 Å². The molecule has 2 nitrogen and oxygen atoms in total. The molecule has 4 heteroatoms. The smallest absolute Gasteiger partial charge is 0.128 e. The first-order valence-electron chi connectivity index (χ1n) is 5.43. The van der Waals surface area contributed by atoms with Crippen molar-refractivity contribution in [3.63, 3.8) is 0 Å². The summed E-state index contributed by atoms with van der Waals surface area (Å²) < 4.78 is 15.6. The highest BCUT2D eigenvalue weighted by Gasteiger charge is 2.06. The van der Waals surface area contributed by atoms with Crippen molar-refractivity contribution in [3.05, 3.63) is 58.6 Å². The standard InChI is InChI=1S/C13H14ClFN2/c1-16-8-12-3-2-6-17(12)9-10-7-11(14)4-5-13(10)15/h2-7,16H,8-9H2,1H3. The maximum Gasteiger partial charge on any atom is 0.128 e. The summed E-state index contributed by atoms with van der Waals surface area (Å²) in [5.41, 5.74) is 1.72. The van der Waals surface area contributed by atoms with Gasteiger partial charge >= 0.3 is 0 Å².